The van der Waals surface area contributed by atoms with Gasteiger partial charge in [-0.1, -0.05) is 19.1 Å². The summed E-state index contributed by atoms with van der Waals surface area (Å²) < 4.78 is 16.8. The Kier molecular flexibility index (Phi) is 6.82. The Labute approximate surface area is 204 Å². The smallest absolute Gasteiger partial charge is 0.350 e. The van der Waals surface area contributed by atoms with Gasteiger partial charge < -0.3 is 10.6 Å². The molecule has 2 heterocycles. The Hall–Kier alpha value is -4.54. The predicted molar refractivity (Wildman–Crippen MR) is 134 cm³/mol. The molecule has 2 aromatic carbocycles. The SMILES string of the molecule is C=CCn1c(=O)c2ccc(C(=O)N[C@H](C)CC)cc2n2c(=O)n(CC(=O)Nc3cccc(F)c3)nc12. The maximum atomic E-state index is 13.4. The van der Waals surface area contributed by atoms with Crippen LogP contribution in [0.2, 0.25) is 0 Å². The van der Waals surface area contributed by atoms with Crippen LogP contribution in [0.15, 0.2) is 64.7 Å². The first-order chi connectivity index (χ1) is 17.2. The number of hydrogen-bond donors (Lipinski definition) is 2. The second-order valence-corrected chi connectivity index (χ2v) is 8.35. The van der Waals surface area contributed by atoms with E-state index in [2.05, 4.69) is 22.3 Å². The van der Waals surface area contributed by atoms with Gasteiger partial charge in [0.1, 0.15) is 12.4 Å². The van der Waals surface area contributed by atoms with E-state index in [4.69, 9.17) is 0 Å². The third-order valence-corrected chi connectivity index (χ3v) is 5.74. The Morgan fingerprint density at radius 3 is 2.67 bits per heavy atom. The molecule has 4 rings (SSSR count). The number of nitrogens with one attached hydrogen (secondary N) is 2. The minimum atomic E-state index is -0.679. The van der Waals surface area contributed by atoms with Gasteiger partial charge in [-0.2, -0.15) is 0 Å². The van der Waals surface area contributed by atoms with E-state index in [1.807, 2.05) is 13.8 Å². The average Bonchev–Trinajstić information content (AvgIpc) is 3.16. The minimum absolute atomic E-state index is 0.00422. The van der Waals surface area contributed by atoms with E-state index in [-0.39, 0.29) is 46.4 Å². The first-order valence-corrected chi connectivity index (χ1v) is 11.4. The molecule has 0 unspecified atom stereocenters. The van der Waals surface area contributed by atoms with E-state index in [0.29, 0.717) is 0 Å². The molecule has 0 spiro atoms. The molecular formula is C25H25FN6O4. The van der Waals surface area contributed by atoms with Crippen molar-refractivity contribution in [1.82, 2.24) is 24.1 Å². The Morgan fingerprint density at radius 1 is 1.19 bits per heavy atom. The molecule has 0 aliphatic rings. The summed E-state index contributed by atoms with van der Waals surface area (Å²) in [5.74, 6) is -1.48. The Morgan fingerprint density at radius 2 is 1.97 bits per heavy atom. The van der Waals surface area contributed by atoms with E-state index in [1.54, 1.807) is 0 Å². The summed E-state index contributed by atoms with van der Waals surface area (Å²) in [6, 6.07) is 9.74. The molecule has 0 aliphatic carbocycles. The zero-order chi connectivity index (χ0) is 26.0. The Balaban J connectivity index is 1.83. The van der Waals surface area contributed by atoms with Crippen molar-refractivity contribution in [3.63, 3.8) is 0 Å². The summed E-state index contributed by atoms with van der Waals surface area (Å²) in [5, 5.41) is 9.80. The van der Waals surface area contributed by atoms with Gasteiger partial charge in [0.2, 0.25) is 11.7 Å². The van der Waals surface area contributed by atoms with E-state index in [9.17, 15) is 23.6 Å². The van der Waals surface area contributed by atoms with Gasteiger partial charge in [0, 0.05) is 23.8 Å². The zero-order valence-electron chi connectivity index (χ0n) is 19.8. The number of amides is 2. The molecule has 0 saturated heterocycles. The van der Waals surface area contributed by atoms with Crippen LogP contribution < -0.4 is 21.9 Å². The van der Waals surface area contributed by atoms with Crippen LogP contribution in [0.25, 0.3) is 16.7 Å². The summed E-state index contributed by atoms with van der Waals surface area (Å²) >= 11 is 0. The van der Waals surface area contributed by atoms with Crippen LogP contribution in [0, 0.1) is 5.82 Å². The number of carbonyl (C=O) groups excluding carboxylic acids is 2. The second-order valence-electron chi connectivity index (χ2n) is 8.35. The number of nitrogens with zero attached hydrogens (tertiary/aromatic N) is 4. The first-order valence-electron chi connectivity index (χ1n) is 11.4. The lowest BCUT2D eigenvalue weighted by atomic mass is 10.1. The number of hydrogen-bond acceptors (Lipinski definition) is 5. The van der Waals surface area contributed by atoms with Crippen molar-refractivity contribution in [2.45, 2.75) is 39.4 Å². The first kappa shape index (κ1) is 24.6. The number of benzene rings is 2. The summed E-state index contributed by atoms with van der Waals surface area (Å²) in [5.41, 5.74) is -0.417. The van der Waals surface area contributed by atoms with Gasteiger partial charge in [-0.25, -0.2) is 18.3 Å². The molecule has 0 bridgehead atoms. The fourth-order valence-electron chi connectivity index (χ4n) is 3.77. The molecule has 4 aromatic rings. The quantitative estimate of drug-likeness (QED) is 0.366. The monoisotopic (exact) mass is 492 g/mol. The van der Waals surface area contributed by atoms with Crippen molar-refractivity contribution >= 4 is 34.2 Å². The number of aromatic nitrogens is 4. The molecule has 1 atom stereocenters. The van der Waals surface area contributed by atoms with E-state index < -0.39 is 29.5 Å². The minimum Gasteiger partial charge on any atom is -0.350 e. The molecule has 0 aliphatic heterocycles. The fraction of sp³-hybridized carbons (Fsp3) is 0.240. The van der Waals surface area contributed by atoms with Crippen molar-refractivity contribution in [2.24, 2.45) is 0 Å². The number of carbonyl (C=O) groups is 2. The molecule has 2 amide bonds. The molecule has 2 aromatic heterocycles. The lowest BCUT2D eigenvalue weighted by Crippen LogP contribution is -2.32. The average molecular weight is 493 g/mol. The van der Waals surface area contributed by atoms with Gasteiger partial charge in [-0.3, -0.25) is 19.0 Å². The third-order valence-electron chi connectivity index (χ3n) is 5.74. The highest BCUT2D eigenvalue weighted by atomic mass is 19.1. The summed E-state index contributed by atoms with van der Waals surface area (Å²) in [6.45, 7) is 7.06. The lowest BCUT2D eigenvalue weighted by molar-refractivity contribution is -0.117. The van der Waals surface area contributed by atoms with Crippen molar-refractivity contribution < 1.29 is 14.0 Å². The molecule has 10 nitrogen and oxygen atoms in total. The van der Waals surface area contributed by atoms with Crippen LogP contribution in [-0.4, -0.2) is 36.6 Å². The third kappa shape index (κ3) is 4.67. The number of fused-ring (bicyclic) bond motifs is 3. The summed E-state index contributed by atoms with van der Waals surface area (Å²) in [6.07, 6.45) is 2.22. The molecular weight excluding hydrogens is 467 g/mol. The van der Waals surface area contributed by atoms with E-state index in [0.717, 1.165) is 17.2 Å². The van der Waals surface area contributed by atoms with Gasteiger partial charge in [0.15, 0.2) is 0 Å². The van der Waals surface area contributed by atoms with Crippen LogP contribution in [0.3, 0.4) is 0 Å². The van der Waals surface area contributed by atoms with Crippen LogP contribution in [0.1, 0.15) is 30.6 Å². The van der Waals surface area contributed by atoms with Crippen LogP contribution in [0.4, 0.5) is 10.1 Å². The van der Waals surface area contributed by atoms with E-state index >= 15 is 0 Å². The number of allylic oxidation sites excluding steroid dienone is 1. The molecule has 11 heteroatoms. The summed E-state index contributed by atoms with van der Waals surface area (Å²) in [4.78, 5) is 51.8. The van der Waals surface area contributed by atoms with Gasteiger partial charge in [0.05, 0.1) is 10.9 Å². The maximum Gasteiger partial charge on any atom is 0.352 e. The van der Waals surface area contributed by atoms with Gasteiger partial charge in [0.25, 0.3) is 11.5 Å². The fourth-order valence-corrected chi connectivity index (χ4v) is 3.77. The Bertz CT molecular complexity index is 1620. The normalized spacial score (nSPS) is 12.0. The zero-order valence-corrected chi connectivity index (χ0v) is 19.8. The molecule has 186 valence electrons. The van der Waals surface area contributed by atoms with E-state index in [1.165, 1.54) is 51.4 Å². The predicted octanol–water partition coefficient (Wildman–Crippen LogP) is 2.30. The molecule has 0 saturated carbocycles. The van der Waals surface area contributed by atoms with Crippen LogP contribution in [-0.2, 0) is 17.9 Å². The largest absolute Gasteiger partial charge is 0.352 e. The highest BCUT2D eigenvalue weighted by molar-refractivity contribution is 5.98. The topological polar surface area (TPSA) is 120 Å². The standard InChI is InChI=1S/C25H25FN6O4/c1-4-11-30-23(35)19-10-9-16(22(34)27-15(3)5-2)12-20(19)32-24(30)29-31(25(32)36)14-21(33)28-18-8-6-7-17(26)13-18/h4,6-10,12-13,15H,1,5,11,14H2,2-3H3,(H,27,34)(H,28,33)/t15-/m1/s1. The number of halogens is 1. The lowest BCUT2D eigenvalue weighted by Gasteiger charge is -2.12. The molecule has 36 heavy (non-hydrogen) atoms. The van der Waals surface area contributed by atoms with Gasteiger partial charge >= 0.3 is 5.69 Å². The van der Waals surface area contributed by atoms with Crippen LogP contribution in [0.5, 0.6) is 0 Å². The van der Waals surface area contributed by atoms with Crippen molar-refractivity contribution in [3.8, 4) is 0 Å². The number of rotatable bonds is 8. The van der Waals surface area contributed by atoms with Gasteiger partial charge in [-0.15, -0.1) is 11.7 Å². The van der Waals surface area contributed by atoms with Crippen molar-refractivity contribution in [1.29, 1.82) is 0 Å². The van der Waals surface area contributed by atoms with Crippen molar-refractivity contribution in [3.05, 3.63) is 87.3 Å². The molecule has 0 fully saturated rings. The van der Waals surface area contributed by atoms with Crippen LogP contribution >= 0.6 is 0 Å². The highest BCUT2D eigenvalue weighted by Crippen LogP contribution is 2.15. The number of anilines is 1. The molecule has 0 radical (unpaired) electrons. The van der Waals surface area contributed by atoms with Gasteiger partial charge in [-0.05, 0) is 49.7 Å². The maximum absolute atomic E-state index is 13.4. The highest BCUT2D eigenvalue weighted by Gasteiger charge is 2.20. The molecule has 2 N–H and O–H groups in total. The van der Waals surface area contributed by atoms with Crippen molar-refractivity contribution in [2.75, 3.05) is 5.32 Å². The second kappa shape index (κ2) is 9.98. The summed E-state index contributed by atoms with van der Waals surface area (Å²) in [7, 11) is 0.